The Hall–Kier alpha value is -1.91. The van der Waals surface area contributed by atoms with Crippen LogP contribution in [0.2, 0.25) is 0 Å². The number of Topliss-reactive ketones (excluding diaryl/α,β-unsaturated/α-hetero) is 1. The molecule has 0 N–H and O–H groups in total. The monoisotopic (exact) mass is 254 g/mol. The van der Waals surface area contributed by atoms with Crippen LogP contribution in [0, 0.1) is 5.82 Å². The van der Waals surface area contributed by atoms with Gasteiger partial charge in [0.15, 0.2) is 5.78 Å². The lowest BCUT2D eigenvalue weighted by Crippen LogP contribution is -2.04. The summed E-state index contributed by atoms with van der Waals surface area (Å²) in [5.74, 6) is -0.812. The third kappa shape index (κ3) is 4.16. The smallest absolute Gasteiger partial charge is 0.305 e. The first-order valence-electron chi connectivity index (χ1n) is 5.51. The number of benzene rings is 1. The lowest BCUT2D eigenvalue weighted by molar-refractivity contribution is -0.140. The SMILES string of the molecule is COC(=O)CCCC(=O)c1cc(F)cc(OC)c1. The lowest BCUT2D eigenvalue weighted by atomic mass is 10.1. The molecule has 0 heterocycles. The molecule has 0 aliphatic carbocycles. The molecule has 0 saturated carbocycles. The summed E-state index contributed by atoms with van der Waals surface area (Å²) < 4.78 is 22.5. The number of esters is 1. The number of ketones is 1. The second kappa shape index (κ2) is 6.74. The van der Waals surface area contributed by atoms with Gasteiger partial charge in [-0.1, -0.05) is 0 Å². The van der Waals surface area contributed by atoms with Gasteiger partial charge in [0.2, 0.25) is 0 Å². The van der Waals surface area contributed by atoms with Gasteiger partial charge in [0.1, 0.15) is 11.6 Å². The molecule has 0 fully saturated rings. The second-order valence-electron chi connectivity index (χ2n) is 3.73. The maximum atomic E-state index is 13.2. The zero-order valence-electron chi connectivity index (χ0n) is 10.4. The Labute approximate surface area is 105 Å². The minimum Gasteiger partial charge on any atom is -0.497 e. The van der Waals surface area contributed by atoms with E-state index in [1.54, 1.807) is 0 Å². The molecule has 0 radical (unpaired) electrons. The van der Waals surface area contributed by atoms with E-state index in [0.29, 0.717) is 12.2 Å². The first kappa shape index (κ1) is 14.2. The fourth-order valence-electron chi connectivity index (χ4n) is 1.48. The van der Waals surface area contributed by atoms with Crippen molar-refractivity contribution in [3.05, 3.63) is 29.6 Å². The largest absolute Gasteiger partial charge is 0.497 e. The minimum absolute atomic E-state index is 0.168. The highest BCUT2D eigenvalue weighted by molar-refractivity contribution is 5.96. The number of carbonyl (C=O) groups is 2. The summed E-state index contributed by atoms with van der Waals surface area (Å²) in [4.78, 5) is 22.6. The van der Waals surface area contributed by atoms with Crippen LogP contribution in [0.3, 0.4) is 0 Å². The van der Waals surface area contributed by atoms with Crippen LogP contribution in [0.15, 0.2) is 18.2 Å². The average Bonchev–Trinajstić information content (AvgIpc) is 2.37. The zero-order chi connectivity index (χ0) is 13.5. The van der Waals surface area contributed by atoms with E-state index in [1.807, 2.05) is 0 Å². The fraction of sp³-hybridized carbons (Fsp3) is 0.385. The summed E-state index contributed by atoms with van der Waals surface area (Å²) in [6, 6.07) is 3.83. The topological polar surface area (TPSA) is 52.6 Å². The molecule has 0 spiro atoms. The Kier molecular flexibility index (Phi) is 5.30. The molecule has 0 amide bonds. The van der Waals surface area contributed by atoms with Gasteiger partial charge in [-0.25, -0.2) is 4.39 Å². The van der Waals surface area contributed by atoms with Gasteiger partial charge in [0.25, 0.3) is 0 Å². The van der Waals surface area contributed by atoms with Crippen molar-refractivity contribution in [1.29, 1.82) is 0 Å². The van der Waals surface area contributed by atoms with Gasteiger partial charge in [-0.15, -0.1) is 0 Å². The third-order valence-corrected chi connectivity index (χ3v) is 2.44. The van der Waals surface area contributed by atoms with Crippen molar-refractivity contribution in [3.63, 3.8) is 0 Å². The van der Waals surface area contributed by atoms with Crippen LogP contribution >= 0.6 is 0 Å². The lowest BCUT2D eigenvalue weighted by Gasteiger charge is -2.04. The number of ether oxygens (including phenoxy) is 2. The number of methoxy groups -OCH3 is 2. The van der Waals surface area contributed by atoms with E-state index in [-0.39, 0.29) is 30.2 Å². The summed E-state index contributed by atoms with van der Waals surface area (Å²) in [5.41, 5.74) is 0.247. The molecule has 0 aliphatic rings. The highest BCUT2D eigenvalue weighted by Gasteiger charge is 2.10. The Bertz CT molecular complexity index is 443. The molecule has 18 heavy (non-hydrogen) atoms. The Morgan fingerprint density at radius 1 is 1.17 bits per heavy atom. The summed E-state index contributed by atoms with van der Waals surface area (Å²) in [5, 5.41) is 0. The van der Waals surface area contributed by atoms with Crippen molar-refractivity contribution >= 4 is 11.8 Å². The van der Waals surface area contributed by atoms with Gasteiger partial charge >= 0.3 is 5.97 Å². The molecule has 5 heteroatoms. The van der Waals surface area contributed by atoms with E-state index < -0.39 is 5.82 Å². The standard InChI is InChI=1S/C13H15FO4/c1-17-11-7-9(6-10(14)8-11)12(15)4-3-5-13(16)18-2/h6-8H,3-5H2,1-2H3. The number of carbonyl (C=O) groups excluding carboxylic acids is 2. The van der Waals surface area contributed by atoms with Crippen LogP contribution in [0.4, 0.5) is 4.39 Å². The summed E-state index contributed by atoms with van der Waals surface area (Å²) in [7, 11) is 2.70. The molecular weight excluding hydrogens is 239 g/mol. The molecule has 0 saturated heterocycles. The summed E-state index contributed by atoms with van der Waals surface area (Å²) >= 11 is 0. The van der Waals surface area contributed by atoms with Crippen LogP contribution in [-0.2, 0) is 9.53 Å². The second-order valence-corrected chi connectivity index (χ2v) is 3.73. The molecule has 0 aliphatic heterocycles. The maximum absolute atomic E-state index is 13.2. The summed E-state index contributed by atoms with van der Waals surface area (Å²) in [6.45, 7) is 0. The Morgan fingerprint density at radius 3 is 2.50 bits per heavy atom. The zero-order valence-corrected chi connectivity index (χ0v) is 10.4. The molecule has 0 aromatic heterocycles. The summed E-state index contributed by atoms with van der Waals surface area (Å²) in [6.07, 6.45) is 0.723. The molecule has 1 rings (SSSR count). The van der Waals surface area contributed by atoms with E-state index in [4.69, 9.17) is 4.74 Å². The predicted octanol–water partition coefficient (Wildman–Crippen LogP) is 2.36. The Balaban J connectivity index is 2.61. The quantitative estimate of drug-likeness (QED) is 0.577. The van der Waals surface area contributed by atoms with Crippen LogP contribution < -0.4 is 4.74 Å². The molecule has 4 nitrogen and oxygen atoms in total. The van der Waals surface area contributed by atoms with Crippen LogP contribution in [0.1, 0.15) is 29.6 Å². The third-order valence-electron chi connectivity index (χ3n) is 2.44. The Morgan fingerprint density at radius 2 is 1.89 bits per heavy atom. The number of rotatable bonds is 6. The fourth-order valence-corrected chi connectivity index (χ4v) is 1.48. The van der Waals surface area contributed by atoms with Gasteiger partial charge in [-0.05, 0) is 18.6 Å². The number of hydrogen-bond acceptors (Lipinski definition) is 4. The van der Waals surface area contributed by atoms with E-state index >= 15 is 0 Å². The average molecular weight is 254 g/mol. The minimum atomic E-state index is -0.523. The van der Waals surface area contributed by atoms with Crippen molar-refractivity contribution in [2.24, 2.45) is 0 Å². The first-order valence-corrected chi connectivity index (χ1v) is 5.51. The van der Waals surface area contributed by atoms with E-state index in [9.17, 15) is 14.0 Å². The highest BCUT2D eigenvalue weighted by Crippen LogP contribution is 2.18. The maximum Gasteiger partial charge on any atom is 0.305 e. The van der Waals surface area contributed by atoms with Crippen LogP contribution in [0.25, 0.3) is 0 Å². The molecule has 1 aromatic rings. The highest BCUT2D eigenvalue weighted by atomic mass is 19.1. The van der Waals surface area contributed by atoms with Gasteiger partial charge < -0.3 is 9.47 Å². The van der Waals surface area contributed by atoms with Crippen molar-refractivity contribution in [3.8, 4) is 5.75 Å². The number of hydrogen-bond donors (Lipinski definition) is 0. The van der Waals surface area contributed by atoms with Crippen LogP contribution in [0.5, 0.6) is 5.75 Å². The molecule has 1 aromatic carbocycles. The predicted molar refractivity (Wildman–Crippen MR) is 63.1 cm³/mol. The molecule has 0 atom stereocenters. The molecule has 98 valence electrons. The van der Waals surface area contributed by atoms with Crippen LogP contribution in [-0.4, -0.2) is 26.0 Å². The number of halogens is 1. The van der Waals surface area contributed by atoms with Gasteiger partial charge in [0, 0.05) is 24.5 Å². The molecule has 0 bridgehead atoms. The van der Waals surface area contributed by atoms with Gasteiger partial charge in [0.05, 0.1) is 14.2 Å². The van der Waals surface area contributed by atoms with E-state index in [2.05, 4.69) is 4.74 Å². The normalized spacial score (nSPS) is 9.94. The first-order chi connectivity index (χ1) is 8.56. The molecular formula is C13H15FO4. The van der Waals surface area contributed by atoms with E-state index in [0.717, 1.165) is 6.07 Å². The van der Waals surface area contributed by atoms with Gasteiger partial charge in [-0.2, -0.15) is 0 Å². The van der Waals surface area contributed by atoms with E-state index in [1.165, 1.54) is 26.4 Å². The van der Waals surface area contributed by atoms with Gasteiger partial charge in [-0.3, -0.25) is 9.59 Å². The van der Waals surface area contributed by atoms with Crippen molar-refractivity contribution in [2.45, 2.75) is 19.3 Å². The van der Waals surface area contributed by atoms with Crippen molar-refractivity contribution in [2.75, 3.05) is 14.2 Å². The van der Waals surface area contributed by atoms with Crippen molar-refractivity contribution in [1.82, 2.24) is 0 Å². The van der Waals surface area contributed by atoms with Crippen molar-refractivity contribution < 1.29 is 23.5 Å². The molecule has 0 unspecified atom stereocenters.